The van der Waals surface area contributed by atoms with Crippen LogP contribution in [0.5, 0.6) is 0 Å². The second-order valence-corrected chi connectivity index (χ2v) is 5.19. The molecule has 0 N–H and O–H groups in total. The Morgan fingerprint density at radius 2 is 1.36 bits per heavy atom. The lowest BCUT2D eigenvalue weighted by Crippen LogP contribution is -2.51. The Balaban J connectivity index is 4.65. The van der Waals surface area contributed by atoms with Gasteiger partial charge in [-0.15, -0.1) is 0 Å². The lowest BCUT2D eigenvalue weighted by molar-refractivity contribution is -0.154. The highest BCUT2D eigenvalue weighted by molar-refractivity contribution is 5.89. The zero-order valence-electron chi connectivity index (χ0n) is 14.4. The van der Waals surface area contributed by atoms with Crippen LogP contribution in [0, 0.1) is 0 Å². The molecule has 0 fully saturated rings. The number of ether oxygens (including phenoxy) is 2. The van der Waals surface area contributed by atoms with Gasteiger partial charge in [0.15, 0.2) is 0 Å². The van der Waals surface area contributed by atoms with Crippen molar-refractivity contribution >= 4 is 18.0 Å². The molecule has 0 spiro atoms. The van der Waals surface area contributed by atoms with E-state index in [4.69, 9.17) is 9.47 Å². The Kier molecular flexibility index (Phi) is 9.21. The topological polar surface area (TPSA) is 76.2 Å². The van der Waals surface area contributed by atoms with E-state index in [9.17, 15) is 14.4 Å². The van der Waals surface area contributed by atoms with Gasteiger partial charge in [0.1, 0.15) is 12.1 Å². The fourth-order valence-electron chi connectivity index (χ4n) is 1.58. The molecule has 22 heavy (non-hydrogen) atoms. The maximum absolute atomic E-state index is 12.4. The quantitative estimate of drug-likeness (QED) is 0.636. The zero-order chi connectivity index (χ0) is 17.3. The first-order valence-corrected chi connectivity index (χ1v) is 7.60. The van der Waals surface area contributed by atoms with Gasteiger partial charge >= 0.3 is 12.1 Å². The molecule has 2 atom stereocenters. The van der Waals surface area contributed by atoms with Gasteiger partial charge in [0, 0.05) is 14.1 Å². The molecule has 0 aromatic rings. The standard InChI is InChI=1S/C15H28N2O5/c1-7-9-21-14(19)12(4)16(5)13(18)11(3)17(6)15(20)22-10-8-2/h11-12H,7-10H2,1-6H3. The number of carbonyl (C=O) groups is 3. The zero-order valence-corrected chi connectivity index (χ0v) is 14.4. The molecule has 0 bridgehead atoms. The summed E-state index contributed by atoms with van der Waals surface area (Å²) >= 11 is 0. The van der Waals surface area contributed by atoms with Crippen LogP contribution in [-0.4, -0.2) is 67.2 Å². The molecule has 0 saturated carbocycles. The lowest BCUT2D eigenvalue weighted by Gasteiger charge is -2.30. The average molecular weight is 316 g/mol. The minimum Gasteiger partial charge on any atom is -0.464 e. The summed E-state index contributed by atoms with van der Waals surface area (Å²) in [6.45, 7) is 7.60. The van der Waals surface area contributed by atoms with Gasteiger partial charge in [-0.1, -0.05) is 13.8 Å². The Bertz CT molecular complexity index is 352. The third-order valence-corrected chi connectivity index (χ3v) is 3.37. The number of amides is 2. The molecule has 0 aromatic carbocycles. The van der Waals surface area contributed by atoms with Crippen molar-refractivity contribution in [2.75, 3.05) is 27.3 Å². The second-order valence-electron chi connectivity index (χ2n) is 5.19. The number of hydrogen-bond acceptors (Lipinski definition) is 5. The molecule has 0 aliphatic carbocycles. The molecule has 0 aromatic heterocycles. The predicted octanol–water partition coefficient (Wildman–Crippen LogP) is 1.65. The van der Waals surface area contributed by atoms with Crippen LogP contribution in [0.1, 0.15) is 40.5 Å². The van der Waals surface area contributed by atoms with E-state index in [1.165, 1.54) is 23.9 Å². The van der Waals surface area contributed by atoms with Crippen LogP contribution in [0.4, 0.5) is 4.79 Å². The maximum Gasteiger partial charge on any atom is 0.410 e. The number of carbonyl (C=O) groups excluding carboxylic acids is 3. The first-order chi connectivity index (χ1) is 10.3. The van der Waals surface area contributed by atoms with Crippen molar-refractivity contribution in [3.63, 3.8) is 0 Å². The fourth-order valence-corrected chi connectivity index (χ4v) is 1.58. The molecule has 0 aliphatic rings. The van der Waals surface area contributed by atoms with Gasteiger partial charge in [-0.2, -0.15) is 0 Å². The number of nitrogens with zero attached hydrogens (tertiary/aromatic N) is 2. The highest BCUT2D eigenvalue weighted by atomic mass is 16.6. The summed E-state index contributed by atoms with van der Waals surface area (Å²) in [5.74, 6) is -0.807. The van der Waals surface area contributed by atoms with Crippen LogP contribution in [0.15, 0.2) is 0 Å². The molecule has 2 unspecified atom stereocenters. The molecule has 0 heterocycles. The van der Waals surface area contributed by atoms with Gasteiger partial charge in [0.25, 0.3) is 0 Å². The van der Waals surface area contributed by atoms with E-state index in [0.717, 1.165) is 6.42 Å². The van der Waals surface area contributed by atoms with E-state index in [1.54, 1.807) is 13.8 Å². The van der Waals surface area contributed by atoms with Crippen molar-refractivity contribution in [2.45, 2.75) is 52.6 Å². The van der Waals surface area contributed by atoms with E-state index in [1.807, 2.05) is 13.8 Å². The number of likely N-dealkylation sites (N-methyl/N-ethyl adjacent to an activating group) is 2. The molecule has 2 amide bonds. The van der Waals surface area contributed by atoms with Crippen molar-refractivity contribution in [1.29, 1.82) is 0 Å². The first kappa shape index (κ1) is 20.2. The van der Waals surface area contributed by atoms with Crippen LogP contribution in [0.25, 0.3) is 0 Å². The minimum atomic E-state index is -0.726. The molecule has 7 nitrogen and oxygen atoms in total. The van der Waals surface area contributed by atoms with E-state index < -0.39 is 24.1 Å². The van der Waals surface area contributed by atoms with Crippen molar-refractivity contribution in [3.8, 4) is 0 Å². The smallest absolute Gasteiger partial charge is 0.410 e. The third-order valence-electron chi connectivity index (χ3n) is 3.37. The third kappa shape index (κ3) is 5.91. The van der Waals surface area contributed by atoms with Crippen LogP contribution in [0.2, 0.25) is 0 Å². The lowest BCUT2D eigenvalue weighted by atomic mass is 10.2. The number of esters is 1. The normalized spacial score (nSPS) is 13.0. The Hall–Kier alpha value is -1.79. The van der Waals surface area contributed by atoms with Crippen molar-refractivity contribution < 1.29 is 23.9 Å². The van der Waals surface area contributed by atoms with Crippen molar-refractivity contribution in [1.82, 2.24) is 9.80 Å². The largest absolute Gasteiger partial charge is 0.464 e. The summed E-state index contributed by atoms with van der Waals surface area (Å²) in [5, 5.41) is 0. The molecule has 0 radical (unpaired) electrons. The van der Waals surface area contributed by atoms with Crippen LogP contribution >= 0.6 is 0 Å². The second kappa shape index (κ2) is 10.0. The minimum absolute atomic E-state index is 0.305. The highest BCUT2D eigenvalue weighted by Crippen LogP contribution is 2.07. The molecule has 0 aliphatic heterocycles. The summed E-state index contributed by atoms with van der Waals surface area (Å²) in [6.07, 6.45) is 0.873. The van der Waals surface area contributed by atoms with Crippen molar-refractivity contribution in [3.05, 3.63) is 0 Å². The van der Waals surface area contributed by atoms with E-state index in [0.29, 0.717) is 19.6 Å². The summed E-state index contributed by atoms with van der Waals surface area (Å²) < 4.78 is 10.0. The summed E-state index contributed by atoms with van der Waals surface area (Å²) in [4.78, 5) is 38.4. The molecule has 0 saturated heterocycles. The average Bonchev–Trinajstić information content (AvgIpc) is 2.53. The van der Waals surface area contributed by atoms with Gasteiger partial charge in [0.2, 0.25) is 5.91 Å². The number of hydrogen-bond donors (Lipinski definition) is 0. The van der Waals surface area contributed by atoms with Crippen LogP contribution < -0.4 is 0 Å². The molecule has 128 valence electrons. The summed E-state index contributed by atoms with van der Waals surface area (Å²) in [5.41, 5.74) is 0. The SMILES string of the molecule is CCCOC(=O)C(C)N(C)C(=O)C(C)N(C)C(=O)OCCC. The Morgan fingerprint density at radius 3 is 1.86 bits per heavy atom. The van der Waals surface area contributed by atoms with Gasteiger partial charge in [-0.25, -0.2) is 9.59 Å². The predicted molar refractivity (Wildman–Crippen MR) is 82.3 cm³/mol. The fraction of sp³-hybridized carbons (Fsp3) is 0.800. The summed E-state index contributed by atoms with van der Waals surface area (Å²) in [6, 6.07) is -1.43. The Labute approximate surface area is 132 Å². The summed E-state index contributed by atoms with van der Waals surface area (Å²) in [7, 11) is 3.01. The van der Waals surface area contributed by atoms with E-state index in [2.05, 4.69) is 0 Å². The number of rotatable bonds is 8. The highest BCUT2D eigenvalue weighted by Gasteiger charge is 2.31. The van der Waals surface area contributed by atoms with E-state index in [-0.39, 0.29) is 5.91 Å². The van der Waals surface area contributed by atoms with E-state index >= 15 is 0 Å². The van der Waals surface area contributed by atoms with Gasteiger partial charge in [0.05, 0.1) is 13.2 Å². The van der Waals surface area contributed by atoms with Crippen molar-refractivity contribution in [2.24, 2.45) is 0 Å². The van der Waals surface area contributed by atoms with Gasteiger partial charge < -0.3 is 14.4 Å². The Morgan fingerprint density at radius 1 is 0.864 bits per heavy atom. The molecule has 7 heteroatoms. The molecular formula is C15H28N2O5. The molecule has 0 rings (SSSR count). The first-order valence-electron chi connectivity index (χ1n) is 7.60. The van der Waals surface area contributed by atoms with Crippen LogP contribution in [-0.2, 0) is 19.1 Å². The molecular weight excluding hydrogens is 288 g/mol. The van der Waals surface area contributed by atoms with Gasteiger partial charge in [-0.05, 0) is 26.7 Å². The monoisotopic (exact) mass is 316 g/mol. The maximum atomic E-state index is 12.4. The van der Waals surface area contributed by atoms with Gasteiger partial charge in [-0.3, -0.25) is 9.69 Å². The van der Waals surface area contributed by atoms with Crippen LogP contribution in [0.3, 0.4) is 0 Å².